The fourth-order valence-electron chi connectivity index (χ4n) is 3.49. The van der Waals surface area contributed by atoms with Gasteiger partial charge in [0.1, 0.15) is 17.4 Å². The van der Waals surface area contributed by atoms with Crippen molar-refractivity contribution in [1.29, 1.82) is 0 Å². The molecule has 0 saturated heterocycles. The molecule has 3 heterocycles. The Kier molecular flexibility index (Phi) is 6.32. The summed E-state index contributed by atoms with van der Waals surface area (Å²) in [5.74, 6) is 2.47. The third kappa shape index (κ3) is 4.55. The topological polar surface area (TPSA) is 94.8 Å². The molecular formula is C23H26ClN7O. The fourth-order valence-corrected chi connectivity index (χ4v) is 3.75. The summed E-state index contributed by atoms with van der Waals surface area (Å²) in [5, 5.41) is 11.9. The standard InChI is InChI=1S/C23H26ClN7O/c1-5-8-15-12-20(30-29-15)26-19-13-21(31(6-2)7-3)28-23(27-19)32-18-10-9-17-16(22(18)24)11-14(4)25-17/h5,8-13,25H,6-7H2,1-4H3,(H2,26,27,28,29,30)/b8-5+. The van der Waals surface area contributed by atoms with Gasteiger partial charge in [0.15, 0.2) is 5.82 Å². The molecule has 0 bridgehead atoms. The first-order chi connectivity index (χ1) is 15.5. The molecule has 3 aromatic heterocycles. The minimum absolute atomic E-state index is 0.203. The maximum Gasteiger partial charge on any atom is 0.325 e. The molecule has 1 aromatic carbocycles. The molecule has 9 heteroatoms. The number of ether oxygens (including phenoxy) is 1. The Bertz CT molecular complexity index is 1260. The SMILES string of the molecule is C/C=C/c1cc(Nc2cc(N(CC)CC)nc(Oc3ccc4[nH]c(C)cc4c3Cl)n2)n[nH]1. The number of anilines is 3. The van der Waals surface area contributed by atoms with E-state index in [0.29, 0.717) is 22.4 Å². The van der Waals surface area contributed by atoms with Crippen LogP contribution in [0, 0.1) is 6.92 Å². The second kappa shape index (κ2) is 9.32. The van der Waals surface area contributed by atoms with Crippen LogP contribution in [0.3, 0.4) is 0 Å². The summed E-state index contributed by atoms with van der Waals surface area (Å²) in [7, 11) is 0. The van der Waals surface area contributed by atoms with E-state index in [4.69, 9.17) is 16.3 Å². The number of hydrogen-bond acceptors (Lipinski definition) is 6. The number of allylic oxidation sites excluding steroid dienone is 1. The van der Waals surface area contributed by atoms with Gasteiger partial charge in [-0.2, -0.15) is 15.1 Å². The van der Waals surface area contributed by atoms with Crippen LogP contribution in [0.5, 0.6) is 11.8 Å². The third-order valence-corrected chi connectivity index (χ3v) is 5.41. The van der Waals surface area contributed by atoms with Gasteiger partial charge >= 0.3 is 6.01 Å². The maximum atomic E-state index is 6.62. The molecular weight excluding hydrogens is 426 g/mol. The highest BCUT2D eigenvalue weighted by atomic mass is 35.5. The number of aryl methyl sites for hydroxylation is 1. The van der Waals surface area contributed by atoms with Crippen LogP contribution in [0.1, 0.15) is 32.2 Å². The number of rotatable bonds is 8. The zero-order valence-corrected chi connectivity index (χ0v) is 19.3. The summed E-state index contributed by atoms with van der Waals surface area (Å²) in [5.41, 5.74) is 2.88. The molecule has 8 nitrogen and oxygen atoms in total. The highest BCUT2D eigenvalue weighted by Gasteiger charge is 2.15. The van der Waals surface area contributed by atoms with E-state index in [1.54, 1.807) is 0 Å². The molecule has 0 radical (unpaired) electrons. The number of fused-ring (bicyclic) bond motifs is 1. The van der Waals surface area contributed by atoms with E-state index < -0.39 is 0 Å². The van der Waals surface area contributed by atoms with Crippen molar-refractivity contribution < 1.29 is 4.74 Å². The molecule has 0 unspecified atom stereocenters. The normalized spacial score (nSPS) is 11.4. The first kappa shape index (κ1) is 21.7. The number of nitrogens with one attached hydrogen (secondary N) is 3. The minimum Gasteiger partial charge on any atom is -0.423 e. The van der Waals surface area contributed by atoms with Crippen LogP contribution in [0.15, 0.2) is 36.4 Å². The van der Waals surface area contributed by atoms with Crippen molar-refractivity contribution in [3.8, 4) is 11.8 Å². The second-order valence-electron chi connectivity index (χ2n) is 7.29. The van der Waals surface area contributed by atoms with E-state index in [1.165, 1.54) is 0 Å². The van der Waals surface area contributed by atoms with E-state index >= 15 is 0 Å². The molecule has 32 heavy (non-hydrogen) atoms. The van der Waals surface area contributed by atoms with Crippen molar-refractivity contribution in [2.45, 2.75) is 27.7 Å². The van der Waals surface area contributed by atoms with Gasteiger partial charge in [-0.3, -0.25) is 5.10 Å². The predicted octanol–water partition coefficient (Wildman–Crippen LogP) is 6.06. The number of halogens is 1. The molecule has 0 amide bonds. The smallest absolute Gasteiger partial charge is 0.325 e. The number of nitrogens with zero attached hydrogens (tertiary/aromatic N) is 4. The third-order valence-electron chi connectivity index (χ3n) is 5.02. The average molecular weight is 452 g/mol. The van der Waals surface area contributed by atoms with Crippen LogP contribution < -0.4 is 15.0 Å². The van der Waals surface area contributed by atoms with Gasteiger partial charge in [0.2, 0.25) is 0 Å². The van der Waals surface area contributed by atoms with E-state index in [-0.39, 0.29) is 6.01 Å². The largest absolute Gasteiger partial charge is 0.423 e. The molecule has 0 fully saturated rings. The quantitative estimate of drug-likeness (QED) is 0.301. The number of hydrogen-bond donors (Lipinski definition) is 3. The number of aromatic amines is 2. The molecule has 0 saturated carbocycles. The Morgan fingerprint density at radius 2 is 1.94 bits per heavy atom. The zero-order valence-electron chi connectivity index (χ0n) is 18.5. The molecule has 0 spiro atoms. The van der Waals surface area contributed by atoms with E-state index in [2.05, 4.69) is 49.2 Å². The summed E-state index contributed by atoms with van der Waals surface area (Å²) >= 11 is 6.62. The van der Waals surface area contributed by atoms with Crippen molar-refractivity contribution in [2.75, 3.05) is 23.3 Å². The Hall–Kier alpha value is -3.52. The molecule has 3 N–H and O–H groups in total. The summed E-state index contributed by atoms with van der Waals surface area (Å²) in [6.45, 7) is 9.70. The van der Waals surface area contributed by atoms with Crippen LogP contribution >= 0.6 is 11.6 Å². The Morgan fingerprint density at radius 1 is 1.12 bits per heavy atom. The summed E-state index contributed by atoms with van der Waals surface area (Å²) in [6, 6.07) is 9.73. The fraction of sp³-hybridized carbons (Fsp3) is 0.261. The van der Waals surface area contributed by atoms with Crippen molar-refractivity contribution in [2.24, 2.45) is 0 Å². The highest BCUT2D eigenvalue weighted by Crippen LogP contribution is 2.36. The Labute approximate surface area is 191 Å². The zero-order chi connectivity index (χ0) is 22.7. The average Bonchev–Trinajstić information content (AvgIpc) is 3.37. The molecule has 0 aliphatic carbocycles. The van der Waals surface area contributed by atoms with Crippen LogP contribution in [0.4, 0.5) is 17.5 Å². The van der Waals surface area contributed by atoms with Gasteiger partial charge in [-0.15, -0.1) is 0 Å². The first-order valence-corrected chi connectivity index (χ1v) is 10.9. The van der Waals surface area contributed by atoms with Gasteiger partial charge in [0, 0.05) is 41.8 Å². The molecule has 0 atom stereocenters. The van der Waals surface area contributed by atoms with Gasteiger partial charge < -0.3 is 19.9 Å². The molecule has 0 aliphatic heterocycles. The van der Waals surface area contributed by atoms with Gasteiger partial charge in [-0.05, 0) is 52.0 Å². The van der Waals surface area contributed by atoms with Gasteiger partial charge in [0.25, 0.3) is 0 Å². The number of H-pyrrole nitrogens is 2. The van der Waals surface area contributed by atoms with Crippen molar-refractivity contribution in [3.63, 3.8) is 0 Å². The van der Waals surface area contributed by atoms with Crippen LogP contribution in [-0.4, -0.2) is 38.2 Å². The highest BCUT2D eigenvalue weighted by molar-refractivity contribution is 6.37. The lowest BCUT2D eigenvalue weighted by Crippen LogP contribution is -2.23. The lowest BCUT2D eigenvalue weighted by molar-refractivity contribution is 0.443. The van der Waals surface area contributed by atoms with Gasteiger partial charge in [-0.1, -0.05) is 17.7 Å². The summed E-state index contributed by atoms with van der Waals surface area (Å²) in [4.78, 5) is 14.6. The van der Waals surface area contributed by atoms with E-state index in [9.17, 15) is 0 Å². The van der Waals surface area contributed by atoms with Crippen molar-refractivity contribution in [3.05, 3.63) is 52.8 Å². The molecule has 166 valence electrons. The van der Waals surface area contributed by atoms with Gasteiger partial charge in [-0.25, -0.2) is 0 Å². The van der Waals surface area contributed by atoms with Crippen LogP contribution in [-0.2, 0) is 0 Å². The van der Waals surface area contributed by atoms with Gasteiger partial charge in [0.05, 0.1) is 10.7 Å². The number of aromatic nitrogens is 5. The Morgan fingerprint density at radius 3 is 2.69 bits per heavy atom. The molecule has 4 rings (SSSR count). The predicted molar refractivity (Wildman–Crippen MR) is 130 cm³/mol. The molecule has 0 aliphatic rings. The summed E-state index contributed by atoms with van der Waals surface area (Å²) in [6.07, 6.45) is 3.88. The minimum atomic E-state index is 0.203. The number of benzene rings is 1. The van der Waals surface area contributed by atoms with E-state index in [1.807, 2.05) is 56.3 Å². The lowest BCUT2D eigenvalue weighted by Gasteiger charge is -2.21. The second-order valence-corrected chi connectivity index (χ2v) is 7.67. The first-order valence-electron chi connectivity index (χ1n) is 10.6. The van der Waals surface area contributed by atoms with Crippen molar-refractivity contribution in [1.82, 2.24) is 25.1 Å². The van der Waals surface area contributed by atoms with E-state index in [0.717, 1.165) is 41.2 Å². The summed E-state index contributed by atoms with van der Waals surface area (Å²) < 4.78 is 6.05. The lowest BCUT2D eigenvalue weighted by atomic mass is 10.2. The van der Waals surface area contributed by atoms with Crippen LogP contribution in [0.2, 0.25) is 5.02 Å². The maximum absolute atomic E-state index is 6.62. The Balaban J connectivity index is 1.69. The molecule has 4 aromatic rings. The van der Waals surface area contributed by atoms with Crippen molar-refractivity contribution >= 4 is 46.0 Å². The monoisotopic (exact) mass is 451 g/mol. The van der Waals surface area contributed by atoms with Crippen LogP contribution in [0.25, 0.3) is 17.0 Å².